The van der Waals surface area contributed by atoms with Crippen LogP contribution in [0.5, 0.6) is 0 Å². The molecule has 2 nitrogen and oxygen atoms in total. The van der Waals surface area contributed by atoms with Crippen molar-refractivity contribution >= 4 is 11.3 Å². The van der Waals surface area contributed by atoms with Crippen LogP contribution in [-0.4, -0.2) is 10.5 Å². The van der Waals surface area contributed by atoms with Gasteiger partial charge in [-0.15, -0.1) is 11.3 Å². The Balaban J connectivity index is 1.98. The van der Waals surface area contributed by atoms with Gasteiger partial charge in [0.15, 0.2) is 0 Å². The molecule has 0 amide bonds. The van der Waals surface area contributed by atoms with E-state index in [1.807, 2.05) is 11.3 Å². The van der Waals surface area contributed by atoms with Crippen LogP contribution in [-0.2, 0) is 6.42 Å². The molecule has 1 fully saturated rings. The molecule has 1 aromatic rings. The van der Waals surface area contributed by atoms with Crippen molar-refractivity contribution in [3.05, 3.63) is 15.6 Å². The van der Waals surface area contributed by atoms with E-state index in [1.165, 1.54) is 47.7 Å². The van der Waals surface area contributed by atoms with Gasteiger partial charge in [0.05, 0.1) is 10.7 Å². The first-order valence-electron chi connectivity index (χ1n) is 6.74. The van der Waals surface area contributed by atoms with Crippen LogP contribution >= 0.6 is 11.3 Å². The molecule has 2 rings (SSSR count). The zero-order chi connectivity index (χ0) is 12.5. The fourth-order valence-corrected chi connectivity index (χ4v) is 3.84. The molecule has 1 saturated carbocycles. The fraction of sp³-hybridized carbons (Fsp3) is 0.786. The van der Waals surface area contributed by atoms with E-state index in [1.54, 1.807) is 0 Å². The third-order valence-electron chi connectivity index (χ3n) is 4.25. The van der Waals surface area contributed by atoms with Crippen molar-refractivity contribution in [3.63, 3.8) is 0 Å². The third-order valence-corrected chi connectivity index (χ3v) is 5.33. The molecule has 3 heteroatoms. The number of nitrogens with zero attached hydrogens (tertiary/aromatic N) is 1. The summed E-state index contributed by atoms with van der Waals surface area (Å²) in [6, 6.07) is 0. The number of hydrogen-bond acceptors (Lipinski definition) is 3. The number of rotatable bonds is 3. The van der Waals surface area contributed by atoms with Gasteiger partial charge in [-0.25, -0.2) is 4.98 Å². The van der Waals surface area contributed by atoms with E-state index in [0.29, 0.717) is 0 Å². The first-order valence-corrected chi connectivity index (χ1v) is 7.56. The van der Waals surface area contributed by atoms with Crippen molar-refractivity contribution < 1.29 is 0 Å². The second-order valence-corrected chi connectivity index (χ2v) is 6.93. The van der Waals surface area contributed by atoms with Crippen molar-refractivity contribution in [2.24, 2.45) is 11.7 Å². The van der Waals surface area contributed by atoms with Crippen LogP contribution < -0.4 is 5.73 Å². The maximum absolute atomic E-state index is 6.53. The highest BCUT2D eigenvalue weighted by atomic mass is 32.1. The van der Waals surface area contributed by atoms with Gasteiger partial charge in [0.25, 0.3) is 0 Å². The summed E-state index contributed by atoms with van der Waals surface area (Å²) >= 11 is 1.82. The molecule has 0 bridgehead atoms. The lowest BCUT2D eigenvalue weighted by Crippen LogP contribution is -2.45. The highest BCUT2D eigenvalue weighted by Crippen LogP contribution is 2.35. The monoisotopic (exact) mass is 252 g/mol. The highest BCUT2D eigenvalue weighted by Gasteiger charge is 2.32. The Morgan fingerprint density at radius 2 is 2.00 bits per heavy atom. The molecule has 0 unspecified atom stereocenters. The Hall–Kier alpha value is -0.410. The van der Waals surface area contributed by atoms with Crippen molar-refractivity contribution in [2.45, 2.75) is 64.8 Å². The number of aromatic nitrogens is 1. The van der Waals surface area contributed by atoms with Gasteiger partial charge in [0, 0.05) is 16.8 Å². The Kier molecular flexibility index (Phi) is 3.88. The smallest absolute Gasteiger partial charge is 0.0949 e. The lowest BCUT2D eigenvalue weighted by atomic mass is 9.75. The standard InChI is InChI=1S/C14H24N2S/c1-4-12-5-7-14(15,8-6-12)9-13-16-10(2)11(3)17-13/h12H,4-9,15H2,1-3H3. The van der Waals surface area contributed by atoms with Crippen LogP contribution in [0.1, 0.15) is 54.6 Å². The lowest BCUT2D eigenvalue weighted by Gasteiger charge is -2.36. The number of thiazole rings is 1. The average molecular weight is 252 g/mol. The molecule has 1 aliphatic carbocycles. The predicted molar refractivity (Wildman–Crippen MR) is 74.5 cm³/mol. The molecule has 1 aromatic heterocycles. The summed E-state index contributed by atoms with van der Waals surface area (Å²) in [5.41, 5.74) is 7.73. The van der Waals surface area contributed by atoms with Gasteiger partial charge >= 0.3 is 0 Å². The van der Waals surface area contributed by atoms with Gasteiger partial charge in [0.2, 0.25) is 0 Å². The normalized spacial score (nSPS) is 29.5. The van der Waals surface area contributed by atoms with Gasteiger partial charge in [-0.05, 0) is 45.4 Å². The molecule has 0 aliphatic heterocycles. The van der Waals surface area contributed by atoms with Gasteiger partial charge in [-0.1, -0.05) is 13.3 Å². The van der Waals surface area contributed by atoms with Crippen LogP contribution in [0.4, 0.5) is 0 Å². The van der Waals surface area contributed by atoms with Crippen molar-refractivity contribution in [3.8, 4) is 0 Å². The summed E-state index contributed by atoms with van der Waals surface area (Å²) in [4.78, 5) is 5.97. The Morgan fingerprint density at radius 3 is 2.47 bits per heavy atom. The van der Waals surface area contributed by atoms with E-state index < -0.39 is 0 Å². The minimum Gasteiger partial charge on any atom is -0.325 e. The van der Waals surface area contributed by atoms with E-state index in [0.717, 1.165) is 12.3 Å². The molecule has 2 N–H and O–H groups in total. The Labute approximate surface area is 109 Å². The van der Waals surface area contributed by atoms with Crippen molar-refractivity contribution in [1.82, 2.24) is 4.98 Å². The molecular formula is C14H24N2S. The Bertz CT molecular complexity index is 356. The minimum absolute atomic E-state index is 0.0163. The van der Waals surface area contributed by atoms with Gasteiger partial charge in [0.1, 0.15) is 0 Å². The van der Waals surface area contributed by atoms with Crippen LogP contribution in [0.25, 0.3) is 0 Å². The zero-order valence-electron chi connectivity index (χ0n) is 11.3. The maximum Gasteiger partial charge on any atom is 0.0949 e. The largest absolute Gasteiger partial charge is 0.325 e. The van der Waals surface area contributed by atoms with E-state index in [2.05, 4.69) is 25.8 Å². The van der Waals surface area contributed by atoms with E-state index >= 15 is 0 Å². The summed E-state index contributed by atoms with van der Waals surface area (Å²) in [5.74, 6) is 0.909. The van der Waals surface area contributed by atoms with E-state index in [4.69, 9.17) is 5.73 Å². The molecular weight excluding hydrogens is 228 g/mol. The second kappa shape index (κ2) is 5.07. The van der Waals surface area contributed by atoms with Crippen LogP contribution in [0.2, 0.25) is 0 Å². The quantitative estimate of drug-likeness (QED) is 0.892. The van der Waals surface area contributed by atoms with Crippen LogP contribution in [0.3, 0.4) is 0 Å². The number of aryl methyl sites for hydroxylation is 2. The Morgan fingerprint density at radius 1 is 1.35 bits per heavy atom. The predicted octanol–water partition coefficient (Wildman–Crippen LogP) is 3.60. The second-order valence-electron chi connectivity index (χ2n) is 5.64. The van der Waals surface area contributed by atoms with Crippen LogP contribution in [0.15, 0.2) is 0 Å². The molecule has 0 spiro atoms. The molecule has 0 radical (unpaired) electrons. The lowest BCUT2D eigenvalue weighted by molar-refractivity contribution is 0.228. The highest BCUT2D eigenvalue weighted by molar-refractivity contribution is 7.11. The van der Waals surface area contributed by atoms with Gasteiger partial charge in [-0.2, -0.15) is 0 Å². The summed E-state index contributed by atoms with van der Waals surface area (Å²) in [7, 11) is 0. The fourth-order valence-electron chi connectivity index (χ4n) is 2.75. The first-order chi connectivity index (χ1) is 8.02. The third kappa shape index (κ3) is 3.08. The summed E-state index contributed by atoms with van der Waals surface area (Å²) in [5, 5.41) is 1.23. The first kappa shape index (κ1) is 13.0. The average Bonchev–Trinajstić information content (AvgIpc) is 2.58. The molecule has 17 heavy (non-hydrogen) atoms. The van der Waals surface area contributed by atoms with Crippen molar-refractivity contribution in [2.75, 3.05) is 0 Å². The SMILES string of the molecule is CCC1CCC(N)(Cc2nc(C)c(C)s2)CC1. The number of hydrogen-bond donors (Lipinski definition) is 1. The van der Waals surface area contributed by atoms with Crippen molar-refractivity contribution in [1.29, 1.82) is 0 Å². The molecule has 0 atom stereocenters. The van der Waals surface area contributed by atoms with E-state index in [-0.39, 0.29) is 5.54 Å². The van der Waals surface area contributed by atoms with Gasteiger partial charge < -0.3 is 5.73 Å². The number of nitrogens with two attached hydrogens (primary N) is 1. The summed E-state index contributed by atoms with van der Waals surface area (Å²) in [6.07, 6.45) is 7.23. The minimum atomic E-state index is 0.0163. The molecule has 1 aliphatic rings. The molecule has 0 aromatic carbocycles. The topological polar surface area (TPSA) is 38.9 Å². The summed E-state index contributed by atoms with van der Waals surface area (Å²) < 4.78 is 0. The van der Waals surface area contributed by atoms with E-state index in [9.17, 15) is 0 Å². The molecule has 1 heterocycles. The maximum atomic E-state index is 6.53. The zero-order valence-corrected chi connectivity index (χ0v) is 12.1. The van der Waals surface area contributed by atoms with Crippen LogP contribution in [0, 0.1) is 19.8 Å². The summed E-state index contributed by atoms with van der Waals surface area (Å²) in [6.45, 7) is 6.53. The molecule has 96 valence electrons. The molecule has 0 saturated heterocycles. The van der Waals surface area contributed by atoms with Gasteiger partial charge in [-0.3, -0.25) is 0 Å².